The molecule has 6 heteroatoms. The van der Waals surface area contributed by atoms with Crippen LogP contribution in [-0.2, 0) is 16.0 Å². The summed E-state index contributed by atoms with van der Waals surface area (Å²) in [6.07, 6.45) is 2.01. The second-order valence-corrected chi connectivity index (χ2v) is 7.65. The van der Waals surface area contributed by atoms with Crippen molar-refractivity contribution in [1.29, 1.82) is 0 Å². The monoisotopic (exact) mass is 412 g/mol. The van der Waals surface area contributed by atoms with Crippen LogP contribution >= 0.6 is 11.6 Å². The van der Waals surface area contributed by atoms with Gasteiger partial charge >= 0.3 is 0 Å². The number of halogens is 1. The molecule has 0 spiro atoms. The number of nitrogens with zero attached hydrogens (tertiary/aromatic N) is 2. The number of aryl methyl sites for hydroxylation is 2. The van der Waals surface area contributed by atoms with Crippen molar-refractivity contribution in [2.75, 3.05) is 26.2 Å². The summed E-state index contributed by atoms with van der Waals surface area (Å²) < 4.78 is 0. The van der Waals surface area contributed by atoms with Gasteiger partial charge in [-0.1, -0.05) is 48.0 Å². The number of phenols is 1. The molecule has 2 aromatic carbocycles. The second kappa shape index (κ2) is 9.14. The Kier molecular flexibility index (Phi) is 6.60. The van der Waals surface area contributed by atoms with Crippen molar-refractivity contribution in [3.05, 3.63) is 65.2 Å². The Morgan fingerprint density at radius 3 is 2.48 bits per heavy atom. The van der Waals surface area contributed by atoms with Crippen molar-refractivity contribution in [3.8, 4) is 16.9 Å². The zero-order valence-corrected chi connectivity index (χ0v) is 17.3. The smallest absolute Gasteiger partial charge is 0.246 e. The van der Waals surface area contributed by atoms with E-state index in [0.717, 1.165) is 16.7 Å². The lowest BCUT2D eigenvalue weighted by Crippen LogP contribution is -2.50. The molecule has 1 N–H and O–H groups in total. The van der Waals surface area contributed by atoms with Gasteiger partial charge in [0.15, 0.2) is 0 Å². The van der Waals surface area contributed by atoms with Gasteiger partial charge in [-0.2, -0.15) is 0 Å². The quantitative estimate of drug-likeness (QED) is 0.759. The maximum atomic E-state index is 12.6. The lowest BCUT2D eigenvalue weighted by molar-refractivity contribution is -0.137. The van der Waals surface area contributed by atoms with Gasteiger partial charge in [-0.25, -0.2) is 0 Å². The lowest BCUT2D eigenvalue weighted by Gasteiger charge is -2.34. The molecule has 0 aliphatic carbocycles. The molecule has 0 radical (unpaired) electrons. The standard InChI is InChI=1S/C23H25ClN2O3/c1-3-22(28)25-9-11-26(12-10-25)23(29)8-7-18-14-19(20(24)15-21(18)27)17-6-4-5-16(2)13-17/h3-6,13-15,27H,1,7-12H2,2H3. The van der Waals surface area contributed by atoms with E-state index < -0.39 is 0 Å². The Bertz CT molecular complexity index is 934. The number of rotatable bonds is 5. The van der Waals surface area contributed by atoms with Crippen molar-refractivity contribution < 1.29 is 14.7 Å². The van der Waals surface area contributed by atoms with Crippen LogP contribution in [0, 0.1) is 6.92 Å². The van der Waals surface area contributed by atoms with E-state index in [2.05, 4.69) is 6.58 Å². The van der Waals surface area contributed by atoms with Crippen LogP contribution < -0.4 is 0 Å². The van der Waals surface area contributed by atoms with Crippen LogP contribution in [0.15, 0.2) is 49.1 Å². The van der Waals surface area contributed by atoms with Crippen molar-refractivity contribution in [3.63, 3.8) is 0 Å². The Hall–Kier alpha value is -2.79. The maximum Gasteiger partial charge on any atom is 0.246 e. The van der Waals surface area contributed by atoms with Crippen molar-refractivity contribution in [1.82, 2.24) is 9.80 Å². The average molecular weight is 413 g/mol. The lowest BCUT2D eigenvalue weighted by atomic mass is 9.98. The first-order chi connectivity index (χ1) is 13.9. The largest absolute Gasteiger partial charge is 0.508 e. The van der Waals surface area contributed by atoms with E-state index in [-0.39, 0.29) is 24.0 Å². The zero-order valence-electron chi connectivity index (χ0n) is 16.5. The van der Waals surface area contributed by atoms with Gasteiger partial charge in [-0.05, 0) is 42.7 Å². The van der Waals surface area contributed by atoms with Gasteiger partial charge in [0.25, 0.3) is 0 Å². The minimum atomic E-state index is -0.105. The summed E-state index contributed by atoms with van der Waals surface area (Å²) in [6, 6.07) is 11.4. The fraction of sp³-hybridized carbons (Fsp3) is 0.304. The topological polar surface area (TPSA) is 60.9 Å². The van der Waals surface area contributed by atoms with E-state index in [1.807, 2.05) is 37.3 Å². The molecule has 29 heavy (non-hydrogen) atoms. The molecule has 2 aromatic rings. The average Bonchev–Trinajstić information content (AvgIpc) is 2.72. The third kappa shape index (κ3) is 4.98. The highest BCUT2D eigenvalue weighted by atomic mass is 35.5. The summed E-state index contributed by atoms with van der Waals surface area (Å²) in [5.41, 5.74) is 3.63. The fourth-order valence-electron chi connectivity index (χ4n) is 3.55. The van der Waals surface area contributed by atoms with Gasteiger partial charge in [0.05, 0.1) is 5.02 Å². The number of piperazine rings is 1. The third-order valence-electron chi connectivity index (χ3n) is 5.22. The molecule has 1 saturated heterocycles. The first kappa shape index (κ1) is 20.9. The Morgan fingerprint density at radius 2 is 1.83 bits per heavy atom. The fourth-order valence-corrected chi connectivity index (χ4v) is 3.81. The van der Waals surface area contributed by atoms with E-state index in [1.54, 1.807) is 15.9 Å². The van der Waals surface area contributed by atoms with Gasteiger partial charge in [-0.3, -0.25) is 9.59 Å². The van der Waals surface area contributed by atoms with Gasteiger partial charge in [-0.15, -0.1) is 0 Å². The molecular weight excluding hydrogens is 388 g/mol. The number of phenolic OH excluding ortho intramolecular Hbond substituents is 1. The van der Waals surface area contributed by atoms with Crippen LogP contribution in [0.25, 0.3) is 11.1 Å². The van der Waals surface area contributed by atoms with Crippen LogP contribution in [0.3, 0.4) is 0 Å². The zero-order chi connectivity index (χ0) is 21.0. The van der Waals surface area contributed by atoms with E-state index >= 15 is 0 Å². The highest BCUT2D eigenvalue weighted by molar-refractivity contribution is 6.33. The predicted molar refractivity (Wildman–Crippen MR) is 115 cm³/mol. The highest BCUT2D eigenvalue weighted by Crippen LogP contribution is 2.34. The molecule has 1 fully saturated rings. The molecule has 1 aliphatic rings. The number of aromatic hydroxyl groups is 1. The van der Waals surface area contributed by atoms with Crippen LogP contribution in [0.1, 0.15) is 17.5 Å². The molecular formula is C23H25ClN2O3. The summed E-state index contributed by atoms with van der Waals surface area (Å²) in [5, 5.41) is 10.8. The summed E-state index contributed by atoms with van der Waals surface area (Å²) in [4.78, 5) is 27.7. The van der Waals surface area contributed by atoms with E-state index in [1.165, 1.54) is 6.08 Å². The number of carbonyl (C=O) groups is 2. The van der Waals surface area contributed by atoms with Crippen LogP contribution in [0.2, 0.25) is 5.02 Å². The van der Waals surface area contributed by atoms with Gasteiger partial charge < -0.3 is 14.9 Å². The number of hydrogen-bond donors (Lipinski definition) is 1. The van der Waals surface area contributed by atoms with Gasteiger partial charge in [0.2, 0.25) is 11.8 Å². The molecule has 5 nitrogen and oxygen atoms in total. The number of carbonyl (C=O) groups excluding carboxylic acids is 2. The summed E-state index contributed by atoms with van der Waals surface area (Å²) in [5.74, 6) is 0.00891. The first-order valence-electron chi connectivity index (χ1n) is 9.66. The molecule has 0 unspecified atom stereocenters. The molecule has 3 rings (SSSR count). The third-order valence-corrected chi connectivity index (χ3v) is 5.54. The Morgan fingerprint density at radius 1 is 1.14 bits per heavy atom. The minimum Gasteiger partial charge on any atom is -0.508 e. The second-order valence-electron chi connectivity index (χ2n) is 7.24. The Balaban J connectivity index is 1.66. The van der Waals surface area contributed by atoms with E-state index in [0.29, 0.717) is 43.2 Å². The van der Waals surface area contributed by atoms with Crippen molar-refractivity contribution in [2.45, 2.75) is 19.8 Å². The highest BCUT2D eigenvalue weighted by Gasteiger charge is 2.23. The molecule has 0 bridgehead atoms. The van der Waals surface area contributed by atoms with Crippen molar-refractivity contribution in [2.24, 2.45) is 0 Å². The molecule has 0 atom stereocenters. The molecule has 1 aliphatic heterocycles. The van der Waals surface area contributed by atoms with Gasteiger partial charge in [0.1, 0.15) is 5.75 Å². The van der Waals surface area contributed by atoms with Crippen molar-refractivity contribution >= 4 is 23.4 Å². The molecule has 2 amide bonds. The molecule has 0 aromatic heterocycles. The minimum absolute atomic E-state index is 0.0159. The van der Waals surface area contributed by atoms with Crippen LogP contribution in [0.4, 0.5) is 0 Å². The normalized spacial score (nSPS) is 14.0. The van der Waals surface area contributed by atoms with Crippen LogP contribution in [-0.4, -0.2) is 52.9 Å². The van der Waals surface area contributed by atoms with Gasteiger partial charge in [0, 0.05) is 38.2 Å². The number of benzene rings is 2. The molecule has 0 saturated carbocycles. The van der Waals surface area contributed by atoms with Crippen LogP contribution in [0.5, 0.6) is 5.75 Å². The molecule has 152 valence electrons. The maximum absolute atomic E-state index is 12.6. The first-order valence-corrected chi connectivity index (χ1v) is 10.0. The Labute approximate surface area is 176 Å². The molecule has 1 heterocycles. The summed E-state index contributed by atoms with van der Waals surface area (Å²) in [6.45, 7) is 7.57. The summed E-state index contributed by atoms with van der Waals surface area (Å²) in [7, 11) is 0. The number of hydrogen-bond acceptors (Lipinski definition) is 3. The summed E-state index contributed by atoms with van der Waals surface area (Å²) >= 11 is 6.35. The van der Waals surface area contributed by atoms with E-state index in [4.69, 9.17) is 11.6 Å². The predicted octanol–water partition coefficient (Wildman–Crippen LogP) is 3.81. The number of amides is 2. The van der Waals surface area contributed by atoms with E-state index in [9.17, 15) is 14.7 Å². The SMILES string of the molecule is C=CC(=O)N1CCN(C(=O)CCc2cc(-c3cccc(C)c3)c(Cl)cc2O)CC1.